The number of nitriles is 1. The van der Waals surface area contributed by atoms with Crippen LogP contribution in [0.2, 0.25) is 0 Å². The Morgan fingerprint density at radius 1 is 1.57 bits per heavy atom. The number of carboxylic acid groups (broad SMARTS) is 1. The molecule has 14 heavy (non-hydrogen) atoms. The van der Waals surface area contributed by atoms with Crippen LogP contribution in [-0.4, -0.2) is 16.2 Å². The first-order valence-electron chi connectivity index (χ1n) is 3.68. The maximum absolute atomic E-state index is 10.5. The number of benzene rings is 1. The molecule has 0 aliphatic heterocycles. The van der Waals surface area contributed by atoms with Gasteiger partial charge in [0, 0.05) is 0 Å². The van der Waals surface area contributed by atoms with Crippen molar-refractivity contribution in [3.05, 3.63) is 27.7 Å². The van der Waals surface area contributed by atoms with E-state index in [0.29, 0.717) is 5.56 Å². The Labute approximate surface area is 88.5 Å². The van der Waals surface area contributed by atoms with Crippen molar-refractivity contribution in [2.75, 3.05) is 0 Å². The molecule has 0 amide bonds. The number of nitrogens with zero attached hydrogens (tertiary/aromatic N) is 1. The standard InChI is InChI=1S/C9H6BrNO3/c10-9-6(3-8(13)14)5(4-11)1-2-7(9)12/h1-2,12H,3H2,(H,13,14). The lowest BCUT2D eigenvalue weighted by Crippen LogP contribution is -2.03. The Morgan fingerprint density at radius 3 is 2.71 bits per heavy atom. The smallest absolute Gasteiger partial charge is 0.307 e. The Kier molecular flexibility index (Phi) is 3.10. The van der Waals surface area contributed by atoms with Gasteiger partial charge >= 0.3 is 5.97 Å². The van der Waals surface area contributed by atoms with Gasteiger partial charge in [-0.25, -0.2) is 0 Å². The van der Waals surface area contributed by atoms with Gasteiger partial charge in [-0.1, -0.05) is 0 Å². The fourth-order valence-electron chi connectivity index (χ4n) is 1.04. The number of carbonyl (C=O) groups is 1. The van der Waals surface area contributed by atoms with E-state index in [0.717, 1.165) is 0 Å². The summed E-state index contributed by atoms with van der Waals surface area (Å²) in [6, 6.07) is 4.59. The van der Waals surface area contributed by atoms with E-state index >= 15 is 0 Å². The number of halogens is 1. The molecule has 1 aromatic carbocycles. The molecule has 0 aliphatic rings. The van der Waals surface area contributed by atoms with Gasteiger partial charge in [-0.3, -0.25) is 4.79 Å². The van der Waals surface area contributed by atoms with Crippen LogP contribution in [0, 0.1) is 11.3 Å². The average molecular weight is 256 g/mol. The topological polar surface area (TPSA) is 81.3 Å². The highest BCUT2D eigenvalue weighted by Gasteiger charge is 2.13. The minimum Gasteiger partial charge on any atom is -0.507 e. The monoisotopic (exact) mass is 255 g/mol. The number of aromatic hydroxyl groups is 1. The summed E-state index contributed by atoms with van der Waals surface area (Å²) in [4.78, 5) is 10.5. The number of phenols is 1. The number of hydrogen-bond donors (Lipinski definition) is 2. The summed E-state index contributed by atoms with van der Waals surface area (Å²) >= 11 is 3.04. The molecular formula is C9H6BrNO3. The molecule has 0 unspecified atom stereocenters. The molecule has 5 heteroatoms. The van der Waals surface area contributed by atoms with Gasteiger partial charge in [0.1, 0.15) is 5.75 Å². The molecule has 0 heterocycles. The normalized spacial score (nSPS) is 9.43. The van der Waals surface area contributed by atoms with Crippen LogP contribution in [-0.2, 0) is 11.2 Å². The largest absolute Gasteiger partial charge is 0.507 e. The van der Waals surface area contributed by atoms with Gasteiger partial charge in [0.25, 0.3) is 0 Å². The molecule has 2 N–H and O–H groups in total. The summed E-state index contributed by atoms with van der Waals surface area (Å²) in [6.07, 6.45) is -0.294. The average Bonchev–Trinajstić information content (AvgIpc) is 2.13. The second-order valence-corrected chi connectivity index (χ2v) is 3.40. The van der Waals surface area contributed by atoms with Crippen molar-refractivity contribution in [1.82, 2.24) is 0 Å². The Balaban J connectivity index is 3.29. The lowest BCUT2D eigenvalue weighted by atomic mass is 10.1. The molecule has 0 saturated heterocycles. The van der Waals surface area contributed by atoms with E-state index in [1.165, 1.54) is 12.1 Å². The predicted octanol–water partition coefficient (Wildman–Crippen LogP) is 1.65. The lowest BCUT2D eigenvalue weighted by Gasteiger charge is -2.05. The Hall–Kier alpha value is -1.54. The summed E-state index contributed by atoms with van der Waals surface area (Å²) in [5.74, 6) is -1.12. The molecular weight excluding hydrogens is 250 g/mol. The molecule has 0 spiro atoms. The van der Waals surface area contributed by atoms with Gasteiger partial charge in [0.2, 0.25) is 0 Å². The van der Waals surface area contributed by atoms with Crippen LogP contribution in [0.1, 0.15) is 11.1 Å². The Morgan fingerprint density at radius 2 is 2.21 bits per heavy atom. The van der Waals surface area contributed by atoms with Crippen molar-refractivity contribution in [3.63, 3.8) is 0 Å². The van der Waals surface area contributed by atoms with Crippen molar-refractivity contribution >= 4 is 21.9 Å². The minimum absolute atomic E-state index is 0.0692. The summed E-state index contributed by atoms with van der Waals surface area (Å²) < 4.78 is 0.263. The first kappa shape index (κ1) is 10.5. The van der Waals surface area contributed by atoms with Crippen LogP contribution in [0.3, 0.4) is 0 Å². The molecule has 4 nitrogen and oxygen atoms in total. The minimum atomic E-state index is -1.05. The van der Waals surface area contributed by atoms with Crippen LogP contribution in [0.5, 0.6) is 5.75 Å². The zero-order valence-electron chi connectivity index (χ0n) is 6.99. The molecule has 0 radical (unpaired) electrons. The van der Waals surface area contributed by atoms with Crippen LogP contribution < -0.4 is 0 Å². The molecule has 1 aromatic rings. The molecule has 0 atom stereocenters. The second kappa shape index (κ2) is 4.11. The third-order valence-corrected chi connectivity index (χ3v) is 2.56. The summed E-state index contributed by atoms with van der Waals surface area (Å²) in [7, 11) is 0. The Bertz CT molecular complexity index is 423. The zero-order valence-corrected chi connectivity index (χ0v) is 8.58. The highest BCUT2D eigenvalue weighted by atomic mass is 79.9. The van der Waals surface area contributed by atoms with Gasteiger partial charge in [0.05, 0.1) is 22.5 Å². The SMILES string of the molecule is N#Cc1ccc(O)c(Br)c1CC(=O)O. The van der Waals surface area contributed by atoms with E-state index in [-0.39, 0.29) is 22.2 Å². The molecule has 0 aromatic heterocycles. The first-order chi connectivity index (χ1) is 6.56. The van der Waals surface area contributed by atoms with E-state index < -0.39 is 5.97 Å². The van der Waals surface area contributed by atoms with Gasteiger partial charge in [-0.05, 0) is 33.6 Å². The summed E-state index contributed by atoms with van der Waals surface area (Å²) in [5, 5.41) is 26.6. The maximum Gasteiger partial charge on any atom is 0.307 e. The summed E-state index contributed by atoms with van der Waals surface area (Å²) in [5.41, 5.74) is 0.539. The van der Waals surface area contributed by atoms with E-state index in [1.807, 2.05) is 6.07 Å². The van der Waals surface area contributed by atoms with Crippen molar-refractivity contribution < 1.29 is 15.0 Å². The number of rotatable bonds is 2. The van der Waals surface area contributed by atoms with Gasteiger partial charge in [-0.2, -0.15) is 5.26 Å². The fraction of sp³-hybridized carbons (Fsp3) is 0.111. The van der Waals surface area contributed by atoms with Crippen LogP contribution in [0.4, 0.5) is 0 Å². The third kappa shape index (κ3) is 2.03. The van der Waals surface area contributed by atoms with Crippen molar-refractivity contribution in [2.24, 2.45) is 0 Å². The highest BCUT2D eigenvalue weighted by molar-refractivity contribution is 9.10. The maximum atomic E-state index is 10.5. The number of hydrogen-bond acceptors (Lipinski definition) is 3. The van der Waals surface area contributed by atoms with E-state index in [1.54, 1.807) is 0 Å². The van der Waals surface area contributed by atoms with Gasteiger partial charge < -0.3 is 10.2 Å². The van der Waals surface area contributed by atoms with Crippen molar-refractivity contribution in [2.45, 2.75) is 6.42 Å². The molecule has 0 fully saturated rings. The van der Waals surface area contributed by atoms with E-state index in [4.69, 9.17) is 10.4 Å². The lowest BCUT2D eigenvalue weighted by molar-refractivity contribution is -0.136. The van der Waals surface area contributed by atoms with E-state index in [2.05, 4.69) is 15.9 Å². The predicted molar refractivity (Wildman–Crippen MR) is 51.9 cm³/mol. The first-order valence-corrected chi connectivity index (χ1v) is 4.47. The molecule has 0 saturated carbocycles. The van der Waals surface area contributed by atoms with E-state index in [9.17, 15) is 9.90 Å². The van der Waals surface area contributed by atoms with Crippen molar-refractivity contribution in [1.29, 1.82) is 5.26 Å². The molecule has 0 aliphatic carbocycles. The van der Waals surface area contributed by atoms with Gasteiger partial charge in [0.15, 0.2) is 0 Å². The zero-order chi connectivity index (χ0) is 10.7. The van der Waals surface area contributed by atoms with Crippen LogP contribution in [0.25, 0.3) is 0 Å². The molecule has 1 rings (SSSR count). The number of aliphatic carboxylic acids is 1. The molecule has 72 valence electrons. The van der Waals surface area contributed by atoms with Crippen molar-refractivity contribution in [3.8, 4) is 11.8 Å². The van der Waals surface area contributed by atoms with Gasteiger partial charge in [-0.15, -0.1) is 0 Å². The highest BCUT2D eigenvalue weighted by Crippen LogP contribution is 2.30. The number of phenolic OH excluding ortho intramolecular Hbond substituents is 1. The molecule has 0 bridgehead atoms. The van der Waals surface area contributed by atoms with Crippen LogP contribution >= 0.6 is 15.9 Å². The van der Waals surface area contributed by atoms with Crippen LogP contribution in [0.15, 0.2) is 16.6 Å². The number of carboxylic acids is 1. The third-order valence-electron chi connectivity index (χ3n) is 1.67. The summed E-state index contributed by atoms with van der Waals surface area (Å²) in [6.45, 7) is 0. The quantitative estimate of drug-likeness (QED) is 0.842. The second-order valence-electron chi connectivity index (χ2n) is 2.61. The fourth-order valence-corrected chi connectivity index (χ4v) is 1.52.